The smallest absolute Gasteiger partial charge is 0.268 e. The molecule has 1 fully saturated rings. The summed E-state index contributed by atoms with van der Waals surface area (Å²) >= 11 is 0. The first-order valence-electron chi connectivity index (χ1n) is 8.61. The van der Waals surface area contributed by atoms with Gasteiger partial charge in [0.15, 0.2) is 0 Å². The van der Waals surface area contributed by atoms with Crippen molar-refractivity contribution in [2.75, 3.05) is 24.5 Å². The number of aryl methyl sites for hydroxylation is 1. The molecule has 2 heterocycles. The molecular weight excluding hydrogens is 308 g/mol. The molecule has 134 valence electrons. The molecule has 1 aliphatic heterocycles. The molecule has 24 heavy (non-hydrogen) atoms. The van der Waals surface area contributed by atoms with E-state index < -0.39 is 6.10 Å². The molecule has 0 aromatic carbocycles. The number of aromatic nitrogens is 2. The zero-order valence-electron chi connectivity index (χ0n) is 14.7. The number of nitrogens with zero attached hydrogens (tertiary/aromatic N) is 3. The lowest BCUT2D eigenvalue weighted by Crippen LogP contribution is -2.42. The van der Waals surface area contributed by atoms with E-state index in [1.165, 1.54) is 4.68 Å². The summed E-state index contributed by atoms with van der Waals surface area (Å²) < 4.78 is 1.31. The highest BCUT2D eigenvalue weighted by Gasteiger charge is 2.22. The van der Waals surface area contributed by atoms with Crippen molar-refractivity contribution >= 4 is 11.6 Å². The average Bonchev–Trinajstić information content (AvgIpc) is 2.55. The zero-order valence-corrected chi connectivity index (χ0v) is 14.7. The number of carbonyl (C=O) groups excluding carboxylic acids is 1. The fourth-order valence-corrected chi connectivity index (χ4v) is 2.94. The van der Waals surface area contributed by atoms with Crippen LogP contribution in [0.5, 0.6) is 0 Å². The van der Waals surface area contributed by atoms with Gasteiger partial charge in [0.2, 0.25) is 5.91 Å². The number of carbonyl (C=O) groups is 1. The van der Waals surface area contributed by atoms with E-state index in [4.69, 9.17) is 0 Å². The molecule has 1 atom stereocenters. The van der Waals surface area contributed by atoms with Gasteiger partial charge in [-0.3, -0.25) is 9.59 Å². The highest BCUT2D eigenvalue weighted by molar-refractivity contribution is 5.80. The quantitative estimate of drug-likeness (QED) is 0.791. The van der Waals surface area contributed by atoms with Gasteiger partial charge in [0, 0.05) is 32.7 Å². The van der Waals surface area contributed by atoms with Crippen LogP contribution in [0.3, 0.4) is 0 Å². The summed E-state index contributed by atoms with van der Waals surface area (Å²) in [5.41, 5.74) is 0.744. The second-order valence-electron chi connectivity index (χ2n) is 7.00. The van der Waals surface area contributed by atoms with E-state index >= 15 is 0 Å². The van der Waals surface area contributed by atoms with Crippen LogP contribution in [0.2, 0.25) is 0 Å². The van der Waals surface area contributed by atoms with Crippen LogP contribution in [0.25, 0.3) is 0 Å². The molecule has 1 saturated heterocycles. The molecule has 2 rings (SSSR count). The topological polar surface area (TPSA) is 87.5 Å². The van der Waals surface area contributed by atoms with Crippen LogP contribution in [0.4, 0.5) is 5.69 Å². The van der Waals surface area contributed by atoms with E-state index in [-0.39, 0.29) is 11.5 Å². The summed E-state index contributed by atoms with van der Waals surface area (Å²) in [4.78, 5) is 25.7. The standard InChI is InChI=1S/C17H28N4O3/c1-12(2)8-15(22)17(24)18-10-13-4-6-21(7-5-13)14-9-16(23)20(3)19-11-14/h9,11-13,15,22H,4-8,10H2,1-3H3,(H,18,24)/t15-/m0/s1. The number of nitrogens with one attached hydrogen (secondary N) is 1. The number of amides is 1. The van der Waals surface area contributed by atoms with Crippen molar-refractivity contribution in [3.05, 3.63) is 22.6 Å². The number of piperidine rings is 1. The Balaban J connectivity index is 1.77. The van der Waals surface area contributed by atoms with Crippen molar-refractivity contribution in [1.82, 2.24) is 15.1 Å². The predicted molar refractivity (Wildman–Crippen MR) is 92.9 cm³/mol. The van der Waals surface area contributed by atoms with Crippen molar-refractivity contribution in [3.8, 4) is 0 Å². The van der Waals surface area contributed by atoms with Gasteiger partial charge in [-0.15, -0.1) is 0 Å². The highest BCUT2D eigenvalue weighted by Crippen LogP contribution is 2.21. The lowest BCUT2D eigenvalue weighted by atomic mass is 9.96. The maximum atomic E-state index is 11.9. The maximum absolute atomic E-state index is 11.9. The molecule has 1 aromatic heterocycles. The molecule has 0 aliphatic carbocycles. The molecule has 7 heteroatoms. The summed E-state index contributed by atoms with van der Waals surface area (Å²) in [7, 11) is 1.63. The van der Waals surface area contributed by atoms with Crippen molar-refractivity contribution in [1.29, 1.82) is 0 Å². The molecule has 7 nitrogen and oxygen atoms in total. The van der Waals surface area contributed by atoms with Crippen molar-refractivity contribution in [2.45, 2.75) is 39.2 Å². The first-order valence-corrected chi connectivity index (χ1v) is 8.61. The first-order chi connectivity index (χ1) is 11.4. The molecule has 0 saturated carbocycles. The predicted octanol–water partition coefficient (Wildman–Crippen LogP) is 0.520. The van der Waals surface area contributed by atoms with Crippen LogP contribution in [-0.4, -0.2) is 46.5 Å². The minimum atomic E-state index is -0.920. The van der Waals surface area contributed by atoms with Crippen molar-refractivity contribution < 1.29 is 9.90 Å². The summed E-state index contributed by atoms with van der Waals surface area (Å²) in [5.74, 6) is 0.416. The van der Waals surface area contributed by atoms with Crippen LogP contribution in [0.1, 0.15) is 33.1 Å². The van der Waals surface area contributed by atoms with Gasteiger partial charge in [0.1, 0.15) is 6.10 Å². The van der Waals surface area contributed by atoms with Crippen LogP contribution >= 0.6 is 0 Å². The monoisotopic (exact) mass is 336 g/mol. The third-order valence-corrected chi connectivity index (χ3v) is 4.50. The van der Waals surface area contributed by atoms with Gasteiger partial charge >= 0.3 is 0 Å². The Kier molecular flexibility index (Phi) is 6.36. The van der Waals surface area contributed by atoms with Gasteiger partial charge < -0.3 is 15.3 Å². The number of anilines is 1. The Morgan fingerprint density at radius 1 is 1.42 bits per heavy atom. The Bertz CT molecular complexity index is 606. The fourth-order valence-electron chi connectivity index (χ4n) is 2.94. The lowest BCUT2D eigenvalue weighted by molar-refractivity contribution is -0.130. The van der Waals surface area contributed by atoms with Crippen LogP contribution in [0.15, 0.2) is 17.1 Å². The second kappa shape index (κ2) is 8.28. The first kappa shape index (κ1) is 18.4. The van der Waals surface area contributed by atoms with E-state index in [1.54, 1.807) is 19.3 Å². The van der Waals surface area contributed by atoms with Gasteiger partial charge in [-0.25, -0.2) is 4.68 Å². The average molecular weight is 336 g/mol. The number of rotatable bonds is 6. The molecular formula is C17H28N4O3. The fraction of sp³-hybridized carbons (Fsp3) is 0.706. The van der Waals surface area contributed by atoms with Crippen LogP contribution in [-0.2, 0) is 11.8 Å². The number of hydrogen-bond acceptors (Lipinski definition) is 5. The molecule has 0 radical (unpaired) electrons. The maximum Gasteiger partial charge on any atom is 0.268 e. The molecule has 2 N–H and O–H groups in total. The number of aliphatic hydroxyl groups excluding tert-OH is 1. The van der Waals surface area contributed by atoms with Gasteiger partial charge in [0.25, 0.3) is 5.56 Å². The Labute approximate surface area is 142 Å². The SMILES string of the molecule is CC(C)C[C@H](O)C(=O)NCC1CCN(c2cnn(C)c(=O)c2)CC1. The van der Waals surface area contributed by atoms with Crippen molar-refractivity contribution in [2.24, 2.45) is 18.9 Å². The Morgan fingerprint density at radius 2 is 2.08 bits per heavy atom. The molecule has 0 bridgehead atoms. The van der Waals surface area contributed by atoms with Gasteiger partial charge in [-0.2, -0.15) is 5.10 Å². The largest absolute Gasteiger partial charge is 0.383 e. The molecule has 1 aliphatic rings. The van der Waals surface area contributed by atoms with Gasteiger partial charge in [0.05, 0.1) is 11.9 Å². The minimum absolute atomic E-state index is 0.110. The minimum Gasteiger partial charge on any atom is -0.383 e. The molecule has 0 unspecified atom stereocenters. The third-order valence-electron chi connectivity index (χ3n) is 4.50. The number of aliphatic hydroxyl groups is 1. The van der Waals surface area contributed by atoms with Crippen LogP contribution < -0.4 is 15.8 Å². The van der Waals surface area contributed by atoms with E-state index in [2.05, 4.69) is 15.3 Å². The summed E-state index contributed by atoms with van der Waals surface area (Å²) in [6, 6.07) is 1.61. The summed E-state index contributed by atoms with van der Waals surface area (Å²) in [6.45, 7) is 6.24. The van der Waals surface area contributed by atoms with Crippen molar-refractivity contribution in [3.63, 3.8) is 0 Å². The molecule has 1 amide bonds. The zero-order chi connectivity index (χ0) is 17.7. The van der Waals surface area contributed by atoms with E-state index in [0.717, 1.165) is 31.6 Å². The van der Waals surface area contributed by atoms with E-state index in [1.807, 2.05) is 13.8 Å². The summed E-state index contributed by atoms with van der Waals surface area (Å²) in [5, 5.41) is 16.7. The Morgan fingerprint density at radius 3 is 2.67 bits per heavy atom. The van der Waals surface area contributed by atoms with Crippen LogP contribution in [0, 0.1) is 11.8 Å². The van der Waals surface area contributed by atoms with E-state index in [9.17, 15) is 14.7 Å². The third kappa shape index (κ3) is 5.06. The molecule has 0 spiro atoms. The highest BCUT2D eigenvalue weighted by atomic mass is 16.3. The normalized spacial score (nSPS) is 17.1. The molecule has 1 aromatic rings. The van der Waals surface area contributed by atoms with E-state index in [0.29, 0.717) is 24.8 Å². The van der Waals surface area contributed by atoms with Gasteiger partial charge in [-0.05, 0) is 31.1 Å². The lowest BCUT2D eigenvalue weighted by Gasteiger charge is -2.33. The second-order valence-corrected chi connectivity index (χ2v) is 7.00. The summed E-state index contributed by atoms with van der Waals surface area (Å²) in [6.07, 6.45) is 3.16. The number of hydrogen-bond donors (Lipinski definition) is 2. The Hall–Kier alpha value is -1.89. The van der Waals surface area contributed by atoms with Gasteiger partial charge in [-0.1, -0.05) is 13.8 Å².